The van der Waals surface area contributed by atoms with Gasteiger partial charge in [-0.1, -0.05) is 60.7 Å². The van der Waals surface area contributed by atoms with E-state index in [1.807, 2.05) is 60.7 Å². The molecule has 1 N–H and O–H groups in total. The highest BCUT2D eigenvalue weighted by Crippen LogP contribution is 2.44. The van der Waals surface area contributed by atoms with Gasteiger partial charge in [-0.15, -0.1) is 0 Å². The van der Waals surface area contributed by atoms with Gasteiger partial charge in [0.1, 0.15) is 11.6 Å². The molecule has 0 aromatic heterocycles. The van der Waals surface area contributed by atoms with E-state index in [0.29, 0.717) is 23.4 Å². The van der Waals surface area contributed by atoms with Crippen molar-refractivity contribution < 1.29 is 18.7 Å². The predicted octanol–water partition coefficient (Wildman–Crippen LogP) is 6.35. The largest absolute Gasteiger partial charge is 0.497 e. The van der Waals surface area contributed by atoms with Crippen LogP contribution < -0.4 is 15.0 Å². The van der Waals surface area contributed by atoms with Gasteiger partial charge >= 0.3 is 0 Å². The van der Waals surface area contributed by atoms with Crippen LogP contribution in [-0.2, 0) is 11.3 Å². The number of nitrogens with one attached hydrogen (secondary N) is 1. The van der Waals surface area contributed by atoms with Crippen LogP contribution in [0, 0.1) is 5.82 Å². The van der Waals surface area contributed by atoms with E-state index in [0.717, 1.165) is 36.3 Å². The number of carbonyl (C=O) groups is 2. The fourth-order valence-corrected chi connectivity index (χ4v) is 5.71. The van der Waals surface area contributed by atoms with Crippen molar-refractivity contribution in [3.05, 3.63) is 131 Å². The van der Waals surface area contributed by atoms with Crippen molar-refractivity contribution in [3.8, 4) is 5.75 Å². The Morgan fingerprint density at radius 3 is 2.31 bits per heavy atom. The van der Waals surface area contributed by atoms with Gasteiger partial charge in [-0.05, 0) is 72.5 Å². The van der Waals surface area contributed by atoms with Gasteiger partial charge in [0.05, 0.1) is 19.1 Å². The van der Waals surface area contributed by atoms with E-state index < -0.39 is 12.0 Å². The van der Waals surface area contributed by atoms with Gasteiger partial charge < -0.3 is 19.9 Å². The highest BCUT2D eigenvalue weighted by atomic mass is 19.1. The van der Waals surface area contributed by atoms with Crippen LogP contribution in [0.5, 0.6) is 5.75 Å². The number of anilines is 1. The predicted molar refractivity (Wildman–Crippen MR) is 163 cm³/mol. The molecule has 1 aliphatic rings. The number of halogens is 1. The van der Waals surface area contributed by atoms with Crippen molar-refractivity contribution >= 4 is 17.5 Å². The second-order valence-corrected chi connectivity index (χ2v) is 10.4. The standard InChI is InChI=1S/C35H36FN3O3/c1-3-38(28-10-5-4-6-11-28)23-9-22-37-34(40)32-30-12-7-8-13-31(30)35(41)39(24-25-14-18-27(36)19-15-25)33(32)26-16-20-29(42-2)21-17-26/h4-8,10-21,32-33H,3,9,22-24H2,1-2H3,(H,37,40). The topological polar surface area (TPSA) is 61.9 Å². The smallest absolute Gasteiger partial charge is 0.255 e. The molecule has 0 spiro atoms. The lowest BCUT2D eigenvalue weighted by Crippen LogP contribution is -2.47. The highest BCUT2D eigenvalue weighted by Gasteiger charge is 2.44. The van der Waals surface area contributed by atoms with Crippen molar-refractivity contribution in [1.29, 1.82) is 0 Å². The second kappa shape index (κ2) is 13.3. The number of methoxy groups -OCH3 is 1. The monoisotopic (exact) mass is 565 g/mol. The third-order valence-electron chi connectivity index (χ3n) is 7.85. The van der Waals surface area contributed by atoms with E-state index in [4.69, 9.17) is 4.74 Å². The van der Waals surface area contributed by atoms with E-state index >= 15 is 0 Å². The first-order chi connectivity index (χ1) is 20.5. The van der Waals surface area contributed by atoms with Gasteiger partial charge in [-0.3, -0.25) is 9.59 Å². The quantitative estimate of drug-likeness (QED) is 0.215. The molecular formula is C35H36FN3O3. The average Bonchev–Trinajstić information content (AvgIpc) is 3.03. The fourth-order valence-electron chi connectivity index (χ4n) is 5.71. The summed E-state index contributed by atoms with van der Waals surface area (Å²) >= 11 is 0. The molecule has 1 heterocycles. The van der Waals surface area contributed by atoms with Gasteiger partial charge in [0.2, 0.25) is 5.91 Å². The van der Waals surface area contributed by atoms with E-state index in [2.05, 4.69) is 29.3 Å². The van der Waals surface area contributed by atoms with Crippen LogP contribution in [0.15, 0.2) is 103 Å². The van der Waals surface area contributed by atoms with E-state index in [-0.39, 0.29) is 24.2 Å². The van der Waals surface area contributed by atoms with Crippen LogP contribution in [-0.4, -0.2) is 43.5 Å². The number of hydrogen-bond acceptors (Lipinski definition) is 4. The van der Waals surface area contributed by atoms with Crippen molar-refractivity contribution in [2.45, 2.75) is 31.8 Å². The Morgan fingerprint density at radius 1 is 0.929 bits per heavy atom. The molecule has 2 atom stereocenters. The summed E-state index contributed by atoms with van der Waals surface area (Å²) in [6.07, 6.45) is 0.772. The number of nitrogens with zero attached hydrogens (tertiary/aromatic N) is 2. The van der Waals surface area contributed by atoms with Gasteiger partial charge in [-0.2, -0.15) is 0 Å². The second-order valence-electron chi connectivity index (χ2n) is 10.4. The van der Waals surface area contributed by atoms with Gasteiger partial charge in [0, 0.05) is 37.4 Å². The Kier molecular flexibility index (Phi) is 9.17. The zero-order chi connectivity index (χ0) is 29.5. The fraction of sp³-hybridized carbons (Fsp3) is 0.257. The van der Waals surface area contributed by atoms with Crippen molar-refractivity contribution in [3.63, 3.8) is 0 Å². The minimum Gasteiger partial charge on any atom is -0.497 e. The van der Waals surface area contributed by atoms with E-state index in [9.17, 15) is 14.0 Å². The number of carbonyl (C=O) groups excluding carboxylic acids is 2. The molecule has 4 aromatic rings. The molecule has 0 bridgehead atoms. The Hall–Kier alpha value is -4.65. The van der Waals surface area contributed by atoms with E-state index in [1.165, 1.54) is 12.1 Å². The minimum absolute atomic E-state index is 0.136. The zero-order valence-corrected chi connectivity index (χ0v) is 24.0. The molecule has 0 aliphatic carbocycles. The lowest BCUT2D eigenvalue weighted by molar-refractivity contribution is -0.124. The summed E-state index contributed by atoms with van der Waals surface area (Å²) < 4.78 is 19.1. The first kappa shape index (κ1) is 28.9. The maximum atomic E-state index is 14.1. The number of hydrogen-bond donors (Lipinski definition) is 1. The molecule has 0 radical (unpaired) electrons. The van der Waals surface area contributed by atoms with Crippen LogP contribution in [0.2, 0.25) is 0 Å². The van der Waals surface area contributed by atoms with Gasteiger partial charge in [0.25, 0.3) is 5.91 Å². The van der Waals surface area contributed by atoms with Crippen molar-refractivity contribution in [1.82, 2.24) is 10.2 Å². The van der Waals surface area contributed by atoms with Crippen LogP contribution in [0.1, 0.15) is 52.4 Å². The third-order valence-corrected chi connectivity index (χ3v) is 7.85. The maximum Gasteiger partial charge on any atom is 0.255 e. The summed E-state index contributed by atoms with van der Waals surface area (Å²) in [5, 5.41) is 3.18. The van der Waals surface area contributed by atoms with Crippen LogP contribution in [0.3, 0.4) is 0 Å². The molecule has 42 heavy (non-hydrogen) atoms. The molecule has 0 saturated heterocycles. The first-order valence-electron chi connectivity index (χ1n) is 14.4. The normalized spacial score (nSPS) is 16.1. The van der Waals surface area contributed by atoms with Crippen LogP contribution in [0.25, 0.3) is 0 Å². The number of benzene rings is 4. The number of amides is 2. The lowest BCUT2D eigenvalue weighted by Gasteiger charge is -2.42. The van der Waals surface area contributed by atoms with Crippen molar-refractivity contribution in [2.24, 2.45) is 0 Å². The molecule has 216 valence electrons. The Bertz CT molecular complexity index is 1490. The summed E-state index contributed by atoms with van der Waals surface area (Å²) in [5.74, 6) is -0.591. The summed E-state index contributed by atoms with van der Waals surface area (Å²) in [5.41, 5.74) is 3.97. The van der Waals surface area contributed by atoms with Crippen LogP contribution in [0.4, 0.5) is 10.1 Å². The molecular weight excluding hydrogens is 529 g/mol. The Balaban J connectivity index is 1.44. The van der Waals surface area contributed by atoms with Gasteiger partial charge in [0.15, 0.2) is 0 Å². The molecule has 2 amide bonds. The zero-order valence-electron chi connectivity index (χ0n) is 24.0. The van der Waals surface area contributed by atoms with Crippen LogP contribution >= 0.6 is 0 Å². The number of ether oxygens (including phenoxy) is 1. The highest BCUT2D eigenvalue weighted by molar-refractivity contribution is 6.01. The molecule has 0 fully saturated rings. The third kappa shape index (κ3) is 6.30. The van der Waals surface area contributed by atoms with Crippen molar-refractivity contribution in [2.75, 3.05) is 31.6 Å². The molecule has 4 aromatic carbocycles. The maximum absolute atomic E-state index is 14.1. The summed E-state index contributed by atoms with van der Waals surface area (Å²) in [6.45, 7) is 4.53. The molecule has 5 rings (SSSR count). The number of rotatable bonds is 11. The summed E-state index contributed by atoms with van der Waals surface area (Å²) in [7, 11) is 1.60. The molecule has 7 heteroatoms. The lowest BCUT2D eigenvalue weighted by atomic mass is 9.79. The minimum atomic E-state index is -0.635. The summed E-state index contributed by atoms with van der Waals surface area (Å²) in [6, 6.07) is 30.6. The molecule has 1 aliphatic heterocycles. The first-order valence-corrected chi connectivity index (χ1v) is 14.4. The van der Waals surface area contributed by atoms with E-state index in [1.54, 1.807) is 30.2 Å². The average molecular weight is 566 g/mol. The number of fused-ring (bicyclic) bond motifs is 1. The Labute approximate surface area is 246 Å². The SMILES string of the molecule is CCN(CCCNC(=O)C1c2ccccc2C(=O)N(Cc2ccc(F)cc2)C1c1ccc(OC)cc1)c1ccccc1. The van der Waals surface area contributed by atoms with Gasteiger partial charge in [-0.25, -0.2) is 4.39 Å². The summed E-state index contributed by atoms with van der Waals surface area (Å²) in [4.78, 5) is 32.0. The molecule has 0 saturated carbocycles. The molecule has 2 unspecified atom stereocenters. The molecule has 6 nitrogen and oxygen atoms in total. The number of para-hydroxylation sites is 1. The Morgan fingerprint density at radius 2 is 1.62 bits per heavy atom.